The lowest BCUT2D eigenvalue weighted by atomic mass is 9.94. The molecule has 0 aromatic heterocycles. The molecule has 0 spiro atoms. The second-order valence-electron chi connectivity index (χ2n) is 3.96. The third kappa shape index (κ3) is 2.80. The zero-order chi connectivity index (χ0) is 11.4. The number of hydrogen-bond acceptors (Lipinski definition) is 2. The van der Waals surface area contributed by atoms with Crippen molar-refractivity contribution in [3.05, 3.63) is 35.9 Å². The van der Waals surface area contributed by atoms with Crippen molar-refractivity contribution in [2.75, 3.05) is 14.1 Å². The third-order valence-electron chi connectivity index (χ3n) is 2.55. The molecule has 0 fully saturated rings. The lowest BCUT2D eigenvalue weighted by Crippen LogP contribution is -2.34. The van der Waals surface area contributed by atoms with Gasteiger partial charge in [0.25, 0.3) is 0 Å². The van der Waals surface area contributed by atoms with Crippen LogP contribution in [0.15, 0.2) is 30.3 Å². The molecule has 0 saturated carbocycles. The van der Waals surface area contributed by atoms with Crippen LogP contribution in [0.4, 0.5) is 0 Å². The Morgan fingerprint density at radius 3 is 2.27 bits per heavy atom. The van der Waals surface area contributed by atoms with Gasteiger partial charge in [-0.15, -0.1) is 0 Å². The number of carbonyl (C=O) groups is 1. The van der Waals surface area contributed by atoms with Gasteiger partial charge in [-0.05, 0) is 5.56 Å². The van der Waals surface area contributed by atoms with Crippen LogP contribution in [0.2, 0.25) is 0 Å². The molecular weight excluding hydrogens is 188 g/mol. The van der Waals surface area contributed by atoms with E-state index in [-0.39, 0.29) is 17.9 Å². The minimum Gasteiger partial charge on any atom is -0.349 e. The molecule has 82 valence electrons. The third-order valence-corrected chi connectivity index (χ3v) is 2.55. The van der Waals surface area contributed by atoms with Crippen molar-refractivity contribution >= 4 is 5.91 Å². The average Bonchev–Trinajstić information content (AvgIpc) is 2.27. The number of nitrogens with two attached hydrogens (primary N) is 1. The first-order chi connectivity index (χ1) is 7.04. The van der Waals surface area contributed by atoms with Gasteiger partial charge in [0.2, 0.25) is 5.91 Å². The fourth-order valence-corrected chi connectivity index (χ4v) is 1.52. The molecule has 0 aliphatic carbocycles. The minimum atomic E-state index is -0.235. The summed E-state index contributed by atoms with van der Waals surface area (Å²) in [7, 11) is 3.49. The van der Waals surface area contributed by atoms with Crippen molar-refractivity contribution in [1.29, 1.82) is 0 Å². The van der Waals surface area contributed by atoms with Crippen LogP contribution >= 0.6 is 0 Å². The molecule has 0 radical (unpaired) electrons. The van der Waals surface area contributed by atoms with Gasteiger partial charge in [-0.25, -0.2) is 0 Å². The Labute approximate surface area is 90.9 Å². The topological polar surface area (TPSA) is 46.3 Å². The normalized spacial score (nSPS) is 14.4. The molecule has 1 amide bonds. The van der Waals surface area contributed by atoms with Gasteiger partial charge in [0.1, 0.15) is 0 Å². The summed E-state index contributed by atoms with van der Waals surface area (Å²) in [6, 6.07) is 9.47. The number of benzene rings is 1. The number of amides is 1. The highest BCUT2D eigenvalue weighted by atomic mass is 16.2. The second-order valence-corrected chi connectivity index (χ2v) is 3.96. The van der Waals surface area contributed by atoms with Gasteiger partial charge in [0, 0.05) is 20.1 Å². The first-order valence-electron chi connectivity index (χ1n) is 5.05. The van der Waals surface area contributed by atoms with E-state index in [1.165, 1.54) is 0 Å². The van der Waals surface area contributed by atoms with Crippen molar-refractivity contribution in [3.63, 3.8) is 0 Å². The highest BCUT2D eigenvalue weighted by Crippen LogP contribution is 2.20. The summed E-state index contributed by atoms with van der Waals surface area (Å²) in [5.74, 6) is -0.131. The first kappa shape index (κ1) is 11.7. The Morgan fingerprint density at radius 2 is 1.80 bits per heavy atom. The quantitative estimate of drug-likeness (QED) is 0.812. The van der Waals surface area contributed by atoms with Gasteiger partial charge >= 0.3 is 0 Å². The van der Waals surface area contributed by atoms with Gasteiger partial charge in [0.05, 0.1) is 5.92 Å². The van der Waals surface area contributed by atoms with Crippen LogP contribution < -0.4 is 5.73 Å². The average molecular weight is 206 g/mol. The van der Waals surface area contributed by atoms with Gasteiger partial charge in [0.15, 0.2) is 0 Å². The maximum absolute atomic E-state index is 11.7. The van der Waals surface area contributed by atoms with Gasteiger partial charge in [-0.2, -0.15) is 0 Å². The molecule has 2 atom stereocenters. The standard InChI is InChI=1S/C12H18N2O/c1-9(12(15)14(2)3)11(13)10-7-5-4-6-8-10/h4-9,11H,13H2,1-3H3. The monoisotopic (exact) mass is 206 g/mol. The predicted molar refractivity (Wildman–Crippen MR) is 61.2 cm³/mol. The van der Waals surface area contributed by atoms with Crippen LogP contribution in [-0.4, -0.2) is 24.9 Å². The highest BCUT2D eigenvalue weighted by molar-refractivity contribution is 5.78. The van der Waals surface area contributed by atoms with E-state index >= 15 is 0 Å². The molecule has 0 aliphatic rings. The summed E-state index contributed by atoms with van der Waals surface area (Å²) in [4.78, 5) is 13.3. The summed E-state index contributed by atoms with van der Waals surface area (Å²) in [6.07, 6.45) is 0. The van der Waals surface area contributed by atoms with E-state index in [1.807, 2.05) is 37.3 Å². The van der Waals surface area contributed by atoms with E-state index in [1.54, 1.807) is 19.0 Å². The van der Waals surface area contributed by atoms with E-state index in [2.05, 4.69) is 0 Å². The first-order valence-corrected chi connectivity index (χ1v) is 5.05. The number of carbonyl (C=O) groups excluding carboxylic acids is 1. The van der Waals surface area contributed by atoms with Gasteiger partial charge < -0.3 is 10.6 Å². The number of nitrogens with zero attached hydrogens (tertiary/aromatic N) is 1. The van der Waals surface area contributed by atoms with E-state index in [4.69, 9.17) is 5.73 Å². The van der Waals surface area contributed by atoms with Crippen molar-refractivity contribution in [2.45, 2.75) is 13.0 Å². The van der Waals surface area contributed by atoms with Gasteiger partial charge in [-0.3, -0.25) is 4.79 Å². The molecule has 2 unspecified atom stereocenters. The van der Waals surface area contributed by atoms with E-state index in [9.17, 15) is 4.79 Å². The van der Waals surface area contributed by atoms with Crippen LogP contribution in [0.1, 0.15) is 18.5 Å². The Morgan fingerprint density at radius 1 is 1.27 bits per heavy atom. The molecule has 1 aromatic carbocycles. The molecule has 3 nitrogen and oxygen atoms in total. The highest BCUT2D eigenvalue weighted by Gasteiger charge is 2.22. The summed E-state index contributed by atoms with van der Waals surface area (Å²) >= 11 is 0. The molecule has 0 bridgehead atoms. The lowest BCUT2D eigenvalue weighted by Gasteiger charge is -2.22. The summed E-state index contributed by atoms with van der Waals surface area (Å²) in [5.41, 5.74) is 7.03. The lowest BCUT2D eigenvalue weighted by molar-refractivity contribution is -0.133. The predicted octanol–water partition coefficient (Wildman–Crippen LogP) is 1.41. The molecule has 0 aliphatic heterocycles. The Hall–Kier alpha value is -1.35. The molecule has 1 rings (SSSR count). The zero-order valence-corrected chi connectivity index (χ0v) is 9.47. The van der Waals surface area contributed by atoms with Crippen molar-refractivity contribution < 1.29 is 4.79 Å². The zero-order valence-electron chi connectivity index (χ0n) is 9.47. The van der Waals surface area contributed by atoms with E-state index < -0.39 is 0 Å². The van der Waals surface area contributed by atoms with Crippen LogP contribution in [0.5, 0.6) is 0 Å². The fourth-order valence-electron chi connectivity index (χ4n) is 1.52. The Balaban J connectivity index is 2.77. The summed E-state index contributed by atoms with van der Waals surface area (Å²) in [5, 5.41) is 0. The molecular formula is C12H18N2O. The number of hydrogen-bond donors (Lipinski definition) is 1. The maximum Gasteiger partial charge on any atom is 0.226 e. The van der Waals surface area contributed by atoms with Crippen LogP contribution in [0.25, 0.3) is 0 Å². The Kier molecular flexibility index (Phi) is 3.86. The SMILES string of the molecule is CC(C(=O)N(C)C)C(N)c1ccccc1. The largest absolute Gasteiger partial charge is 0.349 e. The molecule has 15 heavy (non-hydrogen) atoms. The minimum absolute atomic E-state index is 0.0614. The number of rotatable bonds is 3. The smallest absolute Gasteiger partial charge is 0.226 e. The summed E-state index contributed by atoms with van der Waals surface area (Å²) < 4.78 is 0. The van der Waals surface area contributed by atoms with Crippen LogP contribution in [0, 0.1) is 5.92 Å². The van der Waals surface area contributed by atoms with Crippen molar-refractivity contribution in [3.8, 4) is 0 Å². The molecule has 0 heterocycles. The molecule has 0 saturated heterocycles. The molecule has 2 N–H and O–H groups in total. The van der Waals surface area contributed by atoms with E-state index in [0.29, 0.717) is 0 Å². The summed E-state index contributed by atoms with van der Waals surface area (Å²) in [6.45, 7) is 1.86. The van der Waals surface area contributed by atoms with Crippen LogP contribution in [-0.2, 0) is 4.79 Å². The van der Waals surface area contributed by atoms with Crippen LogP contribution in [0.3, 0.4) is 0 Å². The Bertz CT molecular complexity index is 322. The molecule has 1 aromatic rings. The van der Waals surface area contributed by atoms with Crippen molar-refractivity contribution in [1.82, 2.24) is 4.90 Å². The van der Waals surface area contributed by atoms with E-state index in [0.717, 1.165) is 5.56 Å². The second kappa shape index (κ2) is 4.94. The van der Waals surface area contributed by atoms with Crippen molar-refractivity contribution in [2.24, 2.45) is 11.7 Å². The maximum atomic E-state index is 11.7. The van der Waals surface area contributed by atoms with Gasteiger partial charge in [-0.1, -0.05) is 37.3 Å². The molecule has 3 heteroatoms. The fraction of sp³-hybridized carbons (Fsp3) is 0.417.